The van der Waals surface area contributed by atoms with Gasteiger partial charge in [-0.3, -0.25) is 4.79 Å². The quantitative estimate of drug-likeness (QED) is 0.429. The molecular weight excluding hydrogens is 491 g/mol. The van der Waals surface area contributed by atoms with Gasteiger partial charge in [0.15, 0.2) is 0 Å². The lowest BCUT2D eigenvalue weighted by molar-refractivity contribution is -0.167. The Morgan fingerprint density at radius 2 is 1.73 bits per heavy atom. The number of rotatable bonds is 4. The number of alkyl halides is 3. The first-order chi connectivity index (χ1) is 12.0. The molecule has 0 aliphatic heterocycles. The van der Waals surface area contributed by atoms with Gasteiger partial charge in [0.05, 0.1) is 11.4 Å². The topological polar surface area (TPSA) is 42.0 Å². The summed E-state index contributed by atoms with van der Waals surface area (Å²) in [6.45, 7) is 1.75. The molecule has 140 valence electrons. The van der Waals surface area contributed by atoms with E-state index in [9.17, 15) is 26.7 Å². The van der Waals surface area contributed by atoms with Crippen molar-refractivity contribution < 1.29 is 26.7 Å². The van der Waals surface area contributed by atoms with E-state index in [1.807, 2.05) is 0 Å². The van der Waals surface area contributed by atoms with Gasteiger partial charge in [-0.2, -0.15) is 13.2 Å². The number of amides is 1. The Labute approximate surface area is 162 Å². The number of nitrogens with zero attached hydrogens (tertiary/aromatic N) is 1. The predicted octanol–water partition coefficient (Wildman–Crippen LogP) is 5.73. The number of carbonyl (C=O) groups is 1. The zero-order chi connectivity index (χ0) is 19.6. The van der Waals surface area contributed by atoms with E-state index >= 15 is 0 Å². The number of carbonyl (C=O) groups excluding carboxylic acids is 1. The third-order valence-corrected chi connectivity index (χ3v) is 4.63. The van der Waals surface area contributed by atoms with Crippen molar-refractivity contribution in [3.63, 3.8) is 0 Å². The molecule has 0 bridgehead atoms. The molecule has 1 N–H and O–H groups in total. The minimum Gasteiger partial charge on any atom is -0.316 e. The summed E-state index contributed by atoms with van der Waals surface area (Å²) in [6.07, 6.45) is -4.78. The number of hydrogen-bond donors (Lipinski definition) is 1. The van der Waals surface area contributed by atoms with Crippen LogP contribution in [-0.4, -0.2) is 17.1 Å². The van der Waals surface area contributed by atoms with Gasteiger partial charge in [-0.25, -0.2) is 13.8 Å². The van der Waals surface area contributed by atoms with Crippen LogP contribution >= 0.6 is 31.9 Å². The van der Waals surface area contributed by atoms with Crippen molar-refractivity contribution in [3.05, 3.63) is 56.2 Å². The van der Waals surface area contributed by atoms with Crippen molar-refractivity contribution in [2.24, 2.45) is 0 Å². The molecule has 0 radical (unpaired) electrons. The maximum atomic E-state index is 13.3. The van der Waals surface area contributed by atoms with Crippen LogP contribution in [0.2, 0.25) is 0 Å². The monoisotopic (exact) mass is 500 g/mol. The van der Waals surface area contributed by atoms with E-state index in [-0.39, 0.29) is 22.6 Å². The highest BCUT2D eigenvalue weighted by Crippen LogP contribution is 2.33. The van der Waals surface area contributed by atoms with Gasteiger partial charge in [0.25, 0.3) is 0 Å². The second-order valence-corrected chi connectivity index (χ2v) is 7.13. The minimum absolute atomic E-state index is 0.00516. The molecular formula is C16H11Br2F5N2O. The average molecular weight is 502 g/mol. The molecule has 26 heavy (non-hydrogen) atoms. The van der Waals surface area contributed by atoms with Crippen molar-refractivity contribution in [1.29, 1.82) is 0 Å². The van der Waals surface area contributed by atoms with Crippen LogP contribution in [0.3, 0.4) is 0 Å². The van der Waals surface area contributed by atoms with Crippen molar-refractivity contribution in [3.8, 4) is 0 Å². The Bertz CT molecular complexity index is 822. The summed E-state index contributed by atoms with van der Waals surface area (Å²) in [6, 6.07) is 4.43. The number of hydrogen-bond acceptors (Lipinski definition) is 2. The van der Waals surface area contributed by atoms with Gasteiger partial charge in [-0.15, -0.1) is 0 Å². The zero-order valence-corrected chi connectivity index (χ0v) is 16.3. The van der Waals surface area contributed by atoms with Crippen LogP contribution in [0.25, 0.3) is 0 Å². The Morgan fingerprint density at radius 3 is 2.27 bits per heavy atom. The Balaban J connectivity index is 2.24. The van der Waals surface area contributed by atoms with Crippen molar-refractivity contribution in [2.45, 2.75) is 25.4 Å². The van der Waals surface area contributed by atoms with Crippen LogP contribution < -0.4 is 5.32 Å². The van der Waals surface area contributed by atoms with Crippen LogP contribution in [0.15, 0.2) is 33.3 Å². The van der Waals surface area contributed by atoms with Gasteiger partial charge >= 0.3 is 12.1 Å². The highest BCUT2D eigenvalue weighted by molar-refractivity contribution is 9.11. The van der Waals surface area contributed by atoms with E-state index < -0.39 is 23.7 Å². The molecule has 1 amide bonds. The van der Waals surface area contributed by atoms with Crippen molar-refractivity contribution in [1.82, 2.24) is 4.98 Å². The standard InChI is InChI=1S/C16H11Br2F5N2O/c1-7(2-8-3-9(19)5-10(20)4-8)13-11(17)6-12(14(18)25-13)24-15(26)16(21,22)23/h3-7H,2H2,1H3,(H,24,26)/t7-/m0/s1. The summed E-state index contributed by atoms with van der Waals surface area (Å²) in [7, 11) is 0. The van der Waals surface area contributed by atoms with Crippen LogP contribution in [-0.2, 0) is 11.2 Å². The fourth-order valence-electron chi connectivity index (χ4n) is 2.29. The molecule has 3 nitrogen and oxygen atoms in total. The summed E-state index contributed by atoms with van der Waals surface area (Å²) in [5, 5.41) is 1.72. The molecule has 1 aromatic heterocycles. The predicted molar refractivity (Wildman–Crippen MR) is 92.8 cm³/mol. The smallest absolute Gasteiger partial charge is 0.316 e. The maximum absolute atomic E-state index is 13.3. The van der Waals surface area contributed by atoms with E-state index in [2.05, 4.69) is 36.8 Å². The van der Waals surface area contributed by atoms with Gasteiger partial charge in [0.1, 0.15) is 16.2 Å². The van der Waals surface area contributed by atoms with Crippen molar-refractivity contribution in [2.75, 3.05) is 5.32 Å². The lowest BCUT2D eigenvalue weighted by Crippen LogP contribution is -2.30. The lowest BCUT2D eigenvalue weighted by atomic mass is 9.97. The minimum atomic E-state index is -5.03. The summed E-state index contributed by atoms with van der Waals surface area (Å²) in [4.78, 5) is 15.2. The average Bonchev–Trinajstić information content (AvgIpc) is 2.48. The molecule has 2 aromatic rings. The largest absolute Gasteiger partial charge is 0.471 e. The number of aromatic nitrogens is 1. The Morgan fingerprint density at radius 1 is 1.15 bits per heavy atom. The number of benzene rings is 1. The molecule has 2 rings (SSSR count). The van der Waals surface area contributed by atoms with Crippen LogP contribution in [0.5, 0.6) is 0 Å². The fourth-order valence-corrected chi connectivity index (χ4v) is 3.40. The van der Waals surface area contributed by atoms with E-state index in [0.717, 1.165) is 6.07 Å². The number of pyridine rings is 1. The van der Waals surface area contributed by atoms with Gasteiger partial charge in [-0.05, 0) is 62.0 Å². The number of nitrogens with one attached hydrogen (secondary N) is 1. The van der Waals surface area contributed by atoms with Crippen LogP contribution in [0, 0.1) is 11.6 Å². The Kier molecular flexibility index (Phi) is 6.38. The first kappa shape index (κ1) is 20.8. The molecule has 1 aromatic carbocycles. The lowest BCUT2D eigenvalue weighted by Gasteiger charge is -2.16. The van der Waals surface area contributed by atoms with Gasteiger partial charge in [0.2, 0.25) is 0 Å². The highest BCUT2D eigenvalue weighted by Gasteiger charge is 2.39. The third-order valence-electron chi connectivity index (χ3n) is 3.39. The molecule has 0 saturated heterocycles. The first-order valence-electron chi connectivity index (χ1n) is 7.16. The number of anilines is 1. The number of halogens is 7. The summed E-state index contributed by atoms with van der Waals surface area (Å²) in [5.41, 5.74) is 0.702. The summed E-state index contributed by atoms with van der Waals surface area (Å²) in [5.74, 6) is -3.84. The Hall–Kier alpha value is -1.55. The van der Waals surface area contributed by atoms with Crippen LogP contribution in [0.4, 0.5) is 27.6 Å². The second-order valence-electron chi connectivity index (χ2n) is 5.53. The molecule has 0 saturated carbocycles. The second kappa shape index (κ2) is 7.99. The van der Waals surface area contributed by atoms with E-state index in [1.54, 1.807) is 12.2 Å². The molecule has 1 atom stereocenters. The third kappa shape index (κ3) is 5.23. The fraction of sp³-hybridized carbons (Fsp3) is 0.250. The van der Waals surface area contributed by atoms with Gasteiger partial charge < -0.3 is 5.32 Å². The van der Waals surface area contributed by atoms with E-state index in [4.69, 9.17) is 0 Å². The van der Waals surface area contributed by atoms with Gasteiger partial charge in [0, 0.05) is 16.5 Å². The van der Waals surface area contributed by atoms with E-state index in [0.29, 0.717) is 15.7 Å². The highest BCUT2D eigenvalue weighted by atomic mass is 79.9. The van der Waals surface area contributed by atoms with Crippen LogP contribution in [0.1, 0.15) is 24.1 Å². The van der Waals surface area contributed by atoms with E-state index in [1.165, 1.54) is 18.2 Å². The SMILES string of the molecule is C[C@@H](Cc1cc(F)cc(F)c1)c1nc(Br)c(NC(=O)C(F)(F)F)cc1Br. The first-order valence-corrected chi connectivity index (χ1v) is 8.75. The maximum Gasteiger partial charge on any atom is 0.471 e. The molecule has 0 spiro atoms. The molecule has 0 aliphatic carbocycles. The molecule has 0 fully saturated rings. The molecule has 1 heterocycles. The van der Waals surface area contributed by atoms with Gasteiger partial charge in [-0.1, -0.05) is 6.92 Å². The summed E-state index contributed by atoms with van der Waals surface area (Å²) < 4.78 is 64.0. The van der Waals surface area contributed by atoms with Crippen molar-refractivity contribution >= 4 is 43.5 Å². The molecule has 10 heteroatoms. The molecule has 0 unspecified atom stereocenters. The normalized spacial score (nSPS) is 12.8. The zero-order valence-electron chi connectivity index (χ0n) is 13.1. The summed E-state index contributed by atoms with van der Waals surface area (Å²) >= 11 is 6.22. The molecule has 0 aliphatic rings.